The fourth-order valence-electron chi connectivity index (χ4n) is 3.23. The van der Waals surface area contributed by atoms with Crippen LogP contribution in [0.3, 0.4) is 0 Å². The summed E-state index contributed by atoms with van der Waals surface area (Å²) in [4.78, 5) is 32.3. The molecular formula is C23H28N4O3. The first-order chi connectivity index (χ1) is 14.5. The van der Waals surface area contributed by atoms with E-state index in [2.05, 4.69) is 20.6 Å². The molecule has 0 radical (unpaired) electrons. The minimum Gasteiger partial charge on any atom is -0.469 e. The van der Waals surface area contributed by atoms with Gasteiger partial charge in [-0.25, -0.2) is 4.98 Å². The lowest BCUT2D eigenvalue weighted by molar-refractivity contribution is -0.140. The van der Waals surface area contributed by atoms with Crippen molar-refractivity contribution in [2.24, 2.45) is 5.92 Å². The van der Waals surface area contributed by atoms with Crippen LogP contribution in [0, 0.1) is 5.92 Å². The summed E-state index contributed by atoms with van der Waals surface area (Å²) in [6, 6.07) is 3.73. The fraction of sp³-hybridized carbons (Fsp3) is 0.391. The molecule has 1 aliphatic carbocycles. The van der Waals surface area contributed by atoms with Gasteiger partial charge < -0.3 is 15.4 Å². The summed E-state index contributed by atoms with van der Waals surface area (Å²) in [5.41, 5.74) is 2.83. The third-order valence-corrected chi connectivity index (χ3v) is 5.01. The first-order valence-electron chi connectivity index (χ1n) is 10.3. The van der Waals surface area contributed by atoms with Gasteiger partial charge in [-0.3, -0.25) is 14.6 Å². The van der Waals surface area contributed by atoms with Crippen LogP contribution in [0.2, 0.25) is 0 Å². The van der Waals surface area contributed by atoms with E-state index in [1.54, 1.807) is 12.4 Å². The summed E-state index contributed by atoms with van der Waals surface area (Å²) in [7, 11) is 1.39. The third-order valence-electron chi connectivity index (χ3n) is 5.01. The number of methoxy groups -OCH3 is 1. The Bertz CT molecular complexity index is 1010. The van der Waals surface area contributed by atoms with Crippen LogP contribution in [-0.2, 0) is 14.3 Å². The number of rotatable bonds is 5. The number of carbonyl (C=O) groups excluding carboxylic acids is 2. The lowest BCUT2D eigenvalue weighted by Gasteiger charge is -2.21. The SMILES string of the molecule is CC.COC(=O)CC1C=C(C)C(c2cc3cnc(NC(=O)C4CC4)cc3cn2)=CN1. The highest BCUT2D eigenvalue weighted by atomic mass is 16.5. The topological polar surface area (TPSA) is 93.2 Å². The van der Waals surface area contributed by atoms with Crippen molar-refractivity contribution in [1.29, 1.82) is 0 Å². The molecule has 1 atom stereocenters. The number of allylic oxidation sites excluding steroid dienone is 2. The molecule has 2 N–H and O–H groups in total. The summed E-state index contributed by atoms with van der Waals surface area (Å²) in [5, 5.41) is 7.94. The molecule has 0 spiro atoms. The van der Waals surface area contributed by atoms with E-state index in [1.165, 1.54) is 7.11 Å². The van der Waals surface area contributed by atoms with Crippen LogP contribution in [0.4, 0.5) is 5.82 Å². The minimum atomic E-state index is -0.252. The molecule has 0 bridgehead atoms. The zero-order chi connectivity index (χ0) is 21.7. The van der Waals surface area contributed by atoms with Gasteiger partial charge in [0.25, 0.3) is 0 Å². The Morgan fingerprint density at radius 1 is 1.17 bits per heavy atom. The molecule has 0 saturated heterocycles. The predicted octanol–water partition coefficient (Wildman–Crippen LogP) is 3.83. The number of nitrogens with one attached hydrogen (secondary N) is 2. The van der Waals surface area contributed by atoms with Crippen LogP contribution in [0.5, 0.6) is 0 Å². The highest BCUT2D eigenvalue weighted by Crippen LogP contribution is 2.31. The van der Waals surface area contributed by atoms with Gasteiger partial charge in [0.05, 0.1) is 25.3 Å². The van der Waals surface area contributed by atoms with Crippen molar-refractivity contribution in [2.45, 2.75) is 46.1 Å². The summed E-state index contributed by atoms with van der Waals surface area (Å²) in [6.07, 6.45) is 9.62. The lowest BCUT2D eigenvalue weighted by Crippen LogP contribution is -2.29. The van der Waals surface area contributed by atoms with E-state index < -0.39 is 0 Å². The van der Waals surface area contributed by atoms with E-state index in [0.717, 1.165) is 40.5 Å². The number of aromatic nitrogens is 2. The fourth-order valence-corrected chi connectivity index (χ4v) is 3.23. The van der Waals surface area contributed by atoms with E-state index in [1.807, 2.05) is 45.2 Å². The summed E-state index contributed by atoms with van der Waals surface area (Å²) >= 11 is 0. The number of esters is 1. The highest BCUT2D eigenvalue weighted by molar-refractivity contribution is 5.95. The van der Waals surface area contributed by atoms with Crippen LogP contribution in [-0.4, -0.2) is 35.0 Å². The third kappa shape index (κ3) is 5.03. The van der Waals surface area contributed by atoms with Gasteiger partial charge in [-0.05, 0) is 37.5 Å². The van der Waals surface area contributed by atoms with Gasteiger partial charge in [0, 0.05) is 40.9 Å². The number of nitrogens with zero attached hydrogens (tertiary/aromatic N) is 2. The van der Waals surface area contributed by atoms with Crippen molar-refractivity contribution in [3.05, 3.63) is 48.1 Å². The zero-order valence-corrected chi connectivity index (χ0v) is 17.9. The minimum absolute atomic E-state index is 0.0390. The standard InChI is InChI=1S/C21H22N4O3.C2H6/c1-12-5-16(8-20(26)28-2)22-11-17(12)18-6-14-10-24-19(7-15(14)9-23-18)25-21(27)13-3-4-13;1-2/h5-7,9-11,13,16,22H,3-4,8H2,1-2H3,(H,24,25,27);1-2H3. The van der Waals surface area contributed by atoms with Crippen LogP contribution in [0.15, 0.2) is 42.4 Å². The molecule has 3 heterocycles. The molecule has 1 saturated carbocycles. The molecule has 2 aromatic rings. The Hall–Kier alpha value is -3.22. The largest absolute Gasteiger partial charge is 0.469 e. The van der Waals surface area contributed by atoms with Crippen molar-refractivity contribution < 1.29 is 14.3 Å². The Balaban J connectivity index is 0.00000124. The van der Waals surface area contributed by atoms with Crippen molar-refractivity contribution >= 4 is 34.0 Å². The van der Waals surface area contributed by atoms with Gasteiger partial charge in [0.15, 0.2) is 0 Å². The first kappa shape index (κ1) is 21.5. The number of hydrogen-bond donors (Lipinski definition) is 2. The molecule has 158 valence electrons. The number of fused-ring (bicyclic) bond motifs is 1. The molecule has 2 aromatic heterocycles. The highest BCUT2D eigenvalue weighted by Gasteiger charge is 2.29. The van der Waals surface area contributed by atoms with E-state index in [9.17, 15) is 9.59 Å². The Labute approximate surface area is 176 Å². The average molecular weight is 409 g/mol. The normalized spacial score (nSPS) is 17.7. The van der Waals surface area contributed by atoms with E-state index >= 15 is 0 Å². The molecule has 7 heteroatoms. The van der Waals surface area contributed by atoms with Crippen LogP contribution in [0.1, 0.15) is 45.7 Å². The molecule has 7 nitrogen and oxygen atoms in total. The Morgan fingerprint density at radius 3 is 2.53 bits per heavy atom. The van der Waals surface area contributed by atoms with E-state index in [4.69, 9.17) is 4.74 Å². The van der Waals surface area contributed by atoms with Crippen LogP contribution < -0.4 is 10.6 Å². The van der Waals surface area contributed by atoms with Gasteiger partial charge in [0.1, 0.15) is 5.82 Å². The van der Waals surface area contributed by atoms with Crippen molar-refractivity contribution in [3.63, 3.8) is 0 Å². The van der Waals surface area contributed by atoms with E-state index in [0.29, 0.717) is 5.82 Å². The van der Waals surface area contributed by atoms with Crippen molar-refractivity contribution in [2.75, 3.05) is 12.4 Å². The summed E-state index contributed by atoms with van der Waals surface area (Å²) < 4.78 is 4.72. The summed E-state index contributed by atoms with van der Waals surface area (Å²) in [6.45, 7) is 6.00. The molecule has 0 aromatic carbocycles. The van der Waals surface area contributed by atoms with Crippen molar-refractivity contribution in [3.8, 4) is 0 Å². The van der Waals surface area contributed by atoms with Gasteiger partial charge in [-0.1, -0.05) is 19.9 Å². The quantitative estimate of drug-likeness (QED) is 0.731. The van der Waals surface area contributed by atoms with Crippen LogP contribution in [0.25, 0.3) is 16.3 Å². The molecule has 2 aliphatic rings. The number of dihydropyridines is 1. The van der Waals surface area contributed by atoms with Gasteiger partial charge in [0.2, 0.25) is 5.91 Å². The smallest absolute Gasteiger partial charge is 0.307 e. The zero-order valence-electron chi connectivity index (χ0n) is 17.9. The molecule has 1 amide bonds. The van der Waals surface area contributed by atoms with Gasteiger partial charge in [-0.2, -0.15) is 0 Å². The molecule has 1 aliphatic heterocycles. The number of ether oxygens (including phenoxy) is 1. The molecule has 1 unspecified atom stereocenters. The molecule has 30 heavy (non-hydrogen) atoms. The second kappa shape index (κ2) is 9.52. The summed E-state index contributed by atoms with van der Waals surface area (Å²) in [5.74, 6) is 0.482. The molecular weight excluding hydrogens is 380 g/mol. The predicted molar refractivity (Wildman–Crippen MR) is 118 cm³/mol. The Morgan fingerprint density at radius 2 is 1.87 bits per heavy atom. The second-order valence-corrected chi connectivity index (χ2v) is 7.21. The first-order valence-corrected chi connectivity index (χ1v) is 10.3. The molecule has 1 fully saturated rings. The lowest BCUT2D eigenvalue weighted by atomic mass is 9.97. The molecule has 4 rings (SSSR count). The Kier molecular flexibility index (Phi) is 6.82. The van der Waals surface area contributed by atoms with E-state index in [-0.39, 0.29) is 30.3 Å². The number of pyridine rings is 2. The maximum absolute atomic E-state index is 11.9. The second-order valence-electron chi connectivity index (χ2n) is 7.21. The van der Waals surface area contributed by atoms with Gasteiger partial charge >= 0.3 is 5.97 Å². The van der Waals surface area contributed by atoms with Crippen LogP contribution >= 0.6 is 0 Å². The number of amides is 1. The van der Waals surface area contributed by atoms with Gasteiger partial charge in [-0.15, -0.1) is 0 Å². The number of hydrogen-bond acceptors (Lipinski definition) is 6. The maximum atomic E-state index is 11.9. The van der Waals surface area contributed by atoms with Crippen molar-refractivity contribution in [1.82, 2.24) is 15.3 Å². The maximum Gasteiger partial charge on any atom is 0.307 e. The number of anilines is 1. The number of carbonyl (C=O) groups is 2. The average Bonchev–Trinajstić information content (AvgIpc) is 3.60. The monoisotopic (exact) mass is 408 g/mol.